The minimum Gasteiger partial charge on any atom is -0.478 e. The zero-order chi connectivity index (χ0) is 45.3. The predicted molar refractivity (Wildman–Crippen MR) is 215 cm³/mol. The number of amides is 2. The molecule has 2 heterocycles. The first-order valence-electron chi connectivity index (χ1n) is 16.7. The number of carboxylic acid groups (broad SMARTS) is 4. The molecule has 2 aliphatic rings. The minimum atomic E-state index is -5.09. The Bertz CT molecular complexity index is 2860. The molecular weight excluding hydrogens is 888 g/mol. The summed E-state index contributed by atoms with van der Waals surface area (Å²) < 4.78 is 69.8. The predicted octanol–water partition coefficient (Wildman–Crippen LogP) is -0.739. The Kier molecular flexibility index (Phi) is 13.5. The molecule has 8 N–H and O–H groups in total. The third kappa shape index (κ3) is 9.86. The van der Waals surface area contributed by atoms with Crippen LogP contribution in [-0.4, -0.2) is 105 Å². The molecule has 2 amide bonds. The van der Waals surface area contributed by atoms with Gasteiger partial charge in [0.05, 0.1) is 33.9 Å². The van der Waals surface area contributed by atoms with Crippen LogP contribution in [0.3, 0.4) is 0 Å². The monoisotopic (exact) mass is 911 g/mol. The standard InChI is InChI=1S/C36H24N8O16S2.Na/c45-31-27(29(35(51)52)41-43(31)23-7-3-1-5-21(23)33(47)48)39-37-19-13-11-17(25(15-19)61(55,56)57)9-10-18-12-14-20(16-26(18)62(58,59)60)38-40-28-30(36(53)54)42-44(32(28)46)24-8-4-2-6-22(24)34(49)50;/h1-16,37-38H,(H,47,48)(H,49,50)(H,51,52)(H,53,54)(H,55,56,57)(H,58,59,60);/q;+1/b10-9?,39-27+,40-28+;. The van der Waals surface area contributed by atoms with Gasteiger partial charge in [0.15, 0.2) is 11.4 Å². The summed E-state index contributed by atoms with van der Waals surface area (Å²) in [7, 11) is -10.2. The number of carboxylic acids is 4. The number of anilines is 4. The molecule has 0 unspecified atom stereocenters. The summed E-state index contributed by atoms with van der Waals surface area (Å²) in [5.74, 6) is -8.69. The molecule has 6 rings (SSSR count). The van der Waals surface area contributed by atoms with E-state index in [1.807, 2.05) is 0 Å². The molecule has 0 fully saturated rings. The molecular formula is C36H24N8NaO16S2+. The van der Waals surface area contributed by atoms with Gasteiger partial charge in [-0.1, -0.05) is 48.6 Å². The van der Waals surface area contributed by atoms with E-state index in [4.69, 9.17) is 0 Å². The van der Waals surface area contributed by atoms with Crippen molar-refractivity contribution in [2.75, 3.05) is 20.9 Å². The molecule has 27 heteroatoms. The van der Waals surface area contributed by atoms with Gasteiger partial charge in [0.1, 0.15) is 9.79 Å². The third-order valence-electron chi connectivity index (χ3n) is 8.39. The summed E-state index contributed by atoms with van der Waals surface area (Å²) in [6.07, 6.45) is 2.03. The zero-order valence-corrected chi connectivity index (χ0v) is 35.1. The molecule has 0 aliphatic carbocycles. The average molecular weight is 912 g/mol. The van der Waals surface area contributed by atoms with Crippen molar-refractivity contribution >= 4 is 114 Å². The average Bonchev–Trinajstić information content (AvgIpc) is 3.73. The van der Waals surface area contributed by atoms with Crippen LogP contribution in [0.25, 0.3) is 12.2 Å². The number of carbonyl (C=O) groups is 6. The fourth-order valence-electron chi connectivity index (χ4n) is 5.63. The Morgan fingerprint density at radius 2 is 0.905 bits per heavy atom. The number of aromatic carboxylic acids is 2. The van der Waals surface area contributed by atoms with Gasteiger partial charge in [0.2, 0.25) is 11.4 Å². The van der Waals surface area contributed by atoms with Gasteiger partial charge < -0.3 is 20.4 Å². The second-order valence-corrected chi connectivity index (χ2v) is 15.1. The van der Waals surface area contributed by atoms with E-state index in [0.29, 0.717) is 10.0 Å². The second-order valence-electron chi connectivity index (χ2n) is 12.3. The molecule has 4 aromatic carbocycles. The Morgan fingerprint density at radius 3 is 1.22 bits per heavy atom. The van der Waals surface area contributed by atoms with Gasteiger partial charge in [-0.3, -0.25) is 29.5 Å². The largest absolute Gasteiger partial charge is 1.00 e. The molecule has 63 heavy (non-hydrogen) atoms. The molecule has 4 aromatic rings. The van der Waals surface area contributed by atoms with Crippen LogP contribution in [0.15, 0.2) is 115 Å². The quantitative estimate of drug-likeness (QED) is 0.0334. The Hall–Kier alpha value is -7.46. The molecule has 0 saturated heterocycles. The number of carbonyl (C=O) groups excluding carboxylic acids is 2. The van der Waals surface area contributed by atoms with Crippen molar-refractivity contribution in [2.45, 2.75) is 9.79 Å². The topological polar surface area (TPSA) is 372 Å². The number of nitrogens with one attached hydrogen (secondary N) is 2. The van der Waals surface area contributed by atoms with Crippen LogP contribution in [0.4, 0.5) is 22.7 Å². The number of nitrogens with zero attached hydrogens (tertiary/aromatic N) is 6. The number of aliphatic carboxylic acids is 2. The van der Waals surface area contributed by atoms with Crippen LogP contribution in [-0.2, 0) is 39.4 Å². The normalized spacial score (nSPS) is 15.3. The number of benzene rings is 4. The van der Waals surface area contributed by atoms with Crippen molar-refractivity contribution in [1.82, 2.24) is 0 Å². The van der Waals surface area contributed by atoms with E-state index >= 15 is 0 Å². The molecule has 0 bridgehead atoms. The van der Waals surface area contributed by atoms with E-state index in [2.05, 4.69) is 31.3 Å². The summed E-state index contributed by atoms with van der Waals surface area (Å²) in [5.41, 5.74) is -1.27. The Labute approximate surface area is 374 Å². The molecule has 0 radical (unpaired) electrons. The van der Waals surface area contributed by atoms with Crippen LogP contribution in [0.5, 0.6) is 0 Å². The Balaban J connectivity index is 0.00000748. The fourth-order valence-corrected chi connectivity index (χ4v) is 7.05. The third-order valence-corrected chi connectivity index (χ3v) is 10.2. The van der Waals surface area contributed by atoms with Crippen molar-refractivity contribution in [3.05, 3.63) is 107 Å². The van der Waals surface area contributed by atoms with Crippen LogP contribution < -0.4 is 50.4 Å². The van der Waals surface area contributed by atoms with E-state index in [1.54, 1.807) is 0 Å². The maximum atomic E-state index is 13.2. The molecule has 24 nitrogen and oxygen atoms in total. The van der Waals surface area contributed by atoms with Crippen molar-refractivity contribution in [3.63, 3.8) is 0 Å². The number of hydrogen-bond acceptors (Lipinski definition) is 16. The van der Waals surface area contributed by atoms with Crippen molar-refractivity contribution in [3.8, 4) is 0 Å². The van der Waals surface area contributed by atoms with Gasteiger partial charge in [-0.05, 0) is 59.7 Å². The first kappa shape index (κ1) is 46.6. The van der Waals surface area contributed by atoms with Crippen molar-refractivity contribution < 1.29 is 105 Å². The van der Waals surface area contributed by atoms with Gasteiger partial charge in [-0.25, -0.2) is 19.2 Å². The zero-order valence-electron chi connectivity index (χ0n) is 31.5. The van der Waals surface area contributed by atoms with E-state index < -0.39 is 99.7 Å². The fraction of sp³-hybridized carbons (Fsp3) is 0. The first-order valence-corrected chi connectivity index (χ1v) is 19.6. The number of para-hydroxylation sites is 2. The van der Waals surface area contributed by atoms with E-state index in [0.717, 1.165) is 60.7 Å². The molecule has 316 valence electrons. The summed E-state index contributed by atoms with van der Waals surface area (Å²) in [6.45, 7) is 0. The van der Waals surface area contributed by atoms with E-state index in [1.165, 1.54) is 36.4 Å². The van der Waals surface area contributed by atoms with Crippen LogP contribution in [0, 0.1) is 0 Å². The molecule has 0 aromatic heterocycles. The second kappa shape index (κ2) is 18.3. The number of hydrogen-bond donors (Lipinski definition) is 8. The smallest absolute Gasteiger partial charge is 0.478 e. The van der Waals surface area contributed by atoms with Crippen molar-refractivity contribution in [2.24, 2.45) is 20.4 Å². The van der Waals surface area contributed by atoms with E-state index in [9.17, 15) is 75.1 Å². The number of hydrazone groups is 4. The summed E-state index contributed by atoms with van der Waals surface area (Å²) in [4.78, 5) is 72.0. The summed E-state index contributed by atoms with van der Waals surface area (Å²) in [6, 6.07) is 16.2. The Morgan fingerprint density at radius 1 is 0.556 bits per heavy atom. The van der Waals surface area contributed by atoms with Gasteiger partial charge in [0, 0.05) is 0 Å². The maximum Gasteiger partial charge on any atom is 1.00 e. The SMILES string of the molecule is O=C(O)C1=NN(c2ccccc2C(=O)O)C(=O)/C1=N/Nc1ccc(C=Cc2ccc(N/N=C3/C(=O)N(c4ccccc4C(=O)O)N=C3C(=O)O)cc2S(=O)(=O)O)c(S(=O)(=O)O)c1.[Na+]. The molecule has 0 saturated carbocycles. The molecule has 0 atom stereocenters. The van der Waals surface area contributed by atoms with Crippen molar-refractivity contribution in [1.29, 1.82) is 0 Å². The van der Waals surface area contributed by atoms with Gasteiger partial charge in [-0.15, -0.1) is 0 Å². The van der Waals surface area contributed by atoms with Crippen LogP contribution in [0.2, 0.25) is 0 Å². The minimum absolute atomic E-state index is 0. The first-order chi connectivity index (χ1) is 29.2. The number of rotatable bonds is 14. The summed E-state index contributed by atoms with van der Waals surface area (Å²) >= 11 is 0. The molecule has 0 spiro atoms. The maximum absolute atomic E-state index is 13.2. The van der Waals surface area contributed by atoms with E-state index in [-0.39, 0.29) is 63.4 Å². The molecule has 2 aliphatic heterocycles. The van der Waals surface area contributed by atoms with Gasteiger partial charge in [0.25, 0.3) is 20.2 Å². The van der Waals surface area contributed by atoms with Gasteiger partial charge >= 0.3 is 65.2 Å². The van der Waals surface area contributed by atoms with Crippen LogP contribution >= 0.6 is 0 Å². The van der Waals surface area contributed by atoms with Crippen LogP contribution in [0.1, 0.15) is 31.8 Å². The summed E-state index contributed by atoms with van der Waals surface area (Å²) in [5, 5.41) is 54.2. The van der Waals surface area contributed by atoms with Gasteiger partial charge in [-0.2, -0.15) is 47.3 Å².